The second-order valence-electron chi connectivity index (χ2n) is 8.60. The van der Waals surface area contributed by atoms with E-state index in [2.05, 4.69) is 53.7 Å². The molecular weight excluding hydrogens is 272 g/mol. The predicted octanol–water partition coefficient (Wildman–Crippen LogP) is 5.66. The van der Waals surface area contributed by atoms with Gasteiger partial charge in [0.05, 0.1) is 14.2 Å². The summed E-state index contributed by atoms with van der Waals surface area (Å²) >= 11 is 0. The maximum absolute atomic E-state index is 5.63. The van der Waals surface area contributed by atoms with Gasteiger partial charge in [0.1, 0.15) is 11.5 Å². The fourth-order valence-corrected chi connectivity index (χ4v) is 2.43. The summed E-state index contributed by atoms with van der Waals surface area (Å²) in [5.41, 5.74) is 3.13. The SMILES string of the molecule is COc1cc(CCC(C)(C)C)c(OC)cc1CCC(C)(C)C. The van der Waals surface area contributed by atoms with Gasteiger partial charge in [-0.1, -0.05) is 41.5 Å². The fourth-order valence-electron chi connectivity index (χ4n) is 2.43. The molecule has 22 heavy (non-hydrogen) atoms. The van der Waals surface area contributed by atoms with Gasteiger partial charge in [-0.15, -0.1) is 0 Å². The van der Waals surface area contributed by atoms with Gasteiger partial charge in [0.25, 0.3) is 0 Å². The van der Waals surface area contributed by atoms with Gasteiger partial charge in [-0.25, -0.2) is 0 Å². The third-order valence-corrected chi connectivity index (χ3v) is 3.97. The van der Waals surface area contributed by atoms with E-state index >= 15 is 0 Å². The highest BCUT2D eigenvalue weighted by Gasteiger charge is 2.17. The summed E-state index contributed by atoms with van der Waals surface area (Å²) in [5, 5.41) is 0. The van der Waals surface area contributed by atoms with Gasteiger partial charge in [-0.2, -0.15) is 0 Å². The maximum atomic E-state index is 5.63. The van der Waals surface area contributed by atoms with Crippen molar-refractivity contribution < 1.29 is 9.47 Å². The van der Waals surface area contributed by atoms with Crippen LogP contribution in [0, 0.1) is 10.8 Å². The van der Waals surface area contributed by atoms with E-state index in [0.29, 0.717) is 10.8 Å². The summed E-state index contributed by atoms with van der Waals surface area (Å²) < 4.78 is 11.3. The van der Waals surface area contributed by atoms with E-state index in [1.54, 1.807) is 14.2 Å². The molecule has 2 nitrogen and oxygen atoms in total. The van der Waals surface area contributed by atoms with E-state index < -0.39 is 0 Å². The Morgan fingerprint density at radius 2 is 1.00 bits per heavy atom. The average Bonchev–Trinajstić information content (AvgIpc) is 2.40. The minimum Gasteiger partial charge on any atom is -0.496 e. The van der Waals surface area contributed by atoms with Crippen molar-refractivity contribution in [2.24, 2.45) is 10.8 Å². The third-order valence-electron chi connectivity index (χ3n) is 3.97. The Bertz CT molecular complexity index is 430. The first kappa shape index (κ1) is 18.9. The molecule has 0 fully saturated rings. The molecule has 0 unspecified atom stereocenters. The van der Waals surface area contributed by atoms with Crippen LogP contribution in [0.2, 0.25) is 0 Å². The van der Waals surface area contributed by atoms with Gasteiger partial charge in [0.2, 0.25) is 0 Å². The third kappa shape index (κ3) is 6.29. The number of methoxy groups -OCH3 is 2. The first-order chi connectivity index (χ1) is 10.1. The lowest BCUT2D eigenvalue weighted by Crippen LogP contribution is -2.09. The molecule has 0 spiro atoms. The highest BCUT2D eigenvalue weighted by atomic mass is 16.5. The van der Waals surface area contributed by atoms with Crippen molar-refractivity contribution in [1.29, 1.82) is 0 Å². The topological polar surface area (TPSA) is 18.5 Å². The number of rotatable bonds is 6. The molecule has 0 aliphatic heterocycles. The molecule has 0 aromatic heterocycles. The normalized spacial score (nSPS) is 12.4. The van der Waals surface area contributed by atoms with Crippen LogP contribution in [0.3, 0.4) is 0 Å². The summed E-state index contributed by atoms with van der Waals surface area (Å²) in [5.74, 6) is 1.99. The van der Waals surface area contributed by atoms with E-state index in [1.807, 2.05) is 0 Å². The number of hydrogen-bond donors (Lipinski definition) is 0. The minimum atomic E-state index is 0.323. The zero-order valence-electron chi connectivity index (χ0n) is 15.8. The maximum Gasteiger partial charge on any atom is 0.122 e. The largest absolute Gasteiger partial charge is 0.496 e. The molecule has 1 rings (SSSR count). The molecule has 0 saturated heterocycles. The van der Waals surface area contributed by atoms with Gasteiger partial charge in [-0.05, 0) is 59.8 Å². The van der Waals surface area contributed by atoms with Crippen molar-refractivity contribution in [3.05, 3.63) is 23.3 Å². The molecule has 1 aromatic carbocycles. The van der Waals surface area contributed by atoms with E-state index in [1.165, 1.54) is 11.1 Å². The number of aryl methyl sites for hydroxylation is 2. The molecule has 2 heteroatoms. The van der Waals surface area contributed by atoms with Crippen LogP contribution in [0.4, 0.5) is 0 Å². The Balaban J connectivity index is 3.01. The number of benzene rings is 1. The van der Waals surface area contributed by atoms with Gasteiger partial charge in [0, 0.05) is 0 Å². The summed E-state index contributed by atoms with van der Waals surface area (Å²) in [6.45, 7) is 13.6. The first-order valence-corrected chi connectivity index (χ1v) is 8.29. The van der Waals surface area contributed by atoms with Crippen LogP contribution >= 0.6 is 0 Å². The summed E-state index contributed by atoms with van der Waals surface area (Å²) in [6, 6.07) is 4.34. The molecule has 0 heterocycles. The average molecular weight is 306 g/mol. The van der Waals surface area contributed by atoms with E-state index in [-0.39, 0.29) is 0 Å². The Morgan fingerprint density at radius 3 is 1.23 bits per heavy atom. The van der Waals surface area contributed by atoms with Gasteiger partial charge < -0.3 is 9.47 Å². The Labute approximate surface area is 137 Å². The van der Waals surface area contributed by atoms with Crippen LogP contribution in [0.15, 0.2) is 12.1 Å². The molecule has 0 amide bonds. The first-order valence-electron chi connectivity index (χ1n) is 8.29. The highest BCUT2D eigenvalue weighted by molar-refractivity contribution is 5.46. The lowest BCUT2D eigenvalue weighted by Gasteiger charge is -2.22. The van der Waals surface area contributed by atoms with Crippen molar-refractivity contribution in [3.63, 3.8) is 0 Å². The number of hydrogen-bond acceptors (Lipinski definition) is 2. The van der Waals surface area contributed by atoms with Crippen molar-refractivity contribution in [2.75, 3.05) is 14.2 Å². The molecule has 1 aromatic rings. The molecule has 0 N–H and O–H groups in total. The lowest BCUT2D eigenvalue weighted by molar-refractivity contribution is 0.359. The summed E-state index contributed by atoms with van der Waals surface area (Å²) in [4.78, 5) is 0. The van der Waals surface area contributed by atoms with E-state index in [0.717, 1.165) is 37.2 Å². The zero-order chi connectivity index (χ0) is 17.0. The van der Waals surface area contributed by atoms with Crippen molar-refractivity contribution in [2.45, 2.75) is 67.2 Å². The monoisotopic (exact) mass is 306 g/mol. The second kappa shape index (κ2) is 7.39. The van der Waals surface area contributed by atoms with Crippen LogP contribution in [0.25, 0.3) is 0 Å². The predicted molar refractivity (Wildman–Crippen MR) is 95.1 cm³/mol. The van der Waals surface area contributed by atoms with E-state index in [4.69, 9.17) is 9.47 Å². The molecular formula is C20H34O2. The van der Waals surface area contributed by atoms with E-state index in [9.17, 15) is 0 Å². The smallest absolute Gasteiger partial charge is 0.122 e. The van der Waals surface area contributed by atoms with Crippen LogP contribution < -0.4 is 9.47 Å². The van der Waals surface area contributed by atoms with Gasteiger partial charge in [-0.3, -0.25) is 0 Å². The molecule has 0 atom stereocenters. The minimum absolute atomic E-state index is 0.323. The highest BCUT2D eigenvalue weighted by Crippen LogP contribution is 2.34. The van der Waals surface area contributed by atoms with Crippen LogP contribution in [0.5, 0.6) is 11.5 Å². The van der Waals surface area contributed by atoms with Crippen LogP contribution in [-0.4, -0.2) is 14.2 Å². The summed E-state index contributed by atoms with van der Waals surface area (Å²) in [6.07, 6.45) is 4.30. The molecule has 0 aliphatic carbocycles. The lowest BCUT2D eigenvalue weighted by atomic mass is 9.86. The zero-order valence-corrected chi connectivity index (χ0v) is 15.8. The standard InChI is InChI=1S/C20H34O2/c1-19(2,3)11-9-15-13-18(22-8)16(14-17(15)21-7)10-12-20(4,5)6/h13-14H,9-12H2,1-8H3. The fraction of sp³-hybridized carbons (Fsp3) is 0.700. The Kier molecular flexibility index (Phi) is 6.34. The Hall–Kier alpha value is -1.18. The Morgan fingerprint density at radius 1 is 0.682 bits per heavy atom. The van der Waals surface area contributed by atoms with Crippen LogP contribution in [-0.2, 0) is 12.8 Å². The molecule has 0 saturated carbocycles. The molecule has 0 bridgehead atoms. The molecule has 126 valence electrons. The van der Waals surface area contributed by atoms with Gasteiger partial charge >= 0.3 is 0 Å². The number of ether oxygens (including phenoxy) is 2. The van der Waals surface area contributed by atoms with Crippen LogP contribution in [0.1, 0.15) is 65.5 Å². The molecule has 0 aliphatic rings. The van der Waals surface area contributed by atoms with Crippen molar-refractivity contribution in [1.82, 2.24) is 0 Å². The summed E-state index contributed by atoms with van der Waals surface area (Å²) in [7, 11) is 3.52. The van der Waals surface area contributed by atoms with Gasteiger partial charge in [0.15, 0.2) is 0 Å². The molecule has 0 radical (unpaired) electrons. The van der Waals surface area contributed by atoms with Crippen molar-refractivity contribution >= 4 is 0 Å². The second-order valence-corrected chi connectivity index (χ2v) is 8.60. The van der Waals surface area contributed by atoms with Crippen molar-refractivity contribution in [3.8, 4) is 11.5 Å². The quantitative estimate of drug-likeness (QED) is 0.675.